The Morgan fingerprint density at radius 1 is 1.29 bits per heavy atom. The minimum atomic E-state index is -0.264. The molecule has 4 heteroatoms. The van der Waals surface area contributed by atoms with Gasteiger partial charge in [0.15, 0.2) is 0 Å². The smallest absolute Gasteiger partial charge is 0.227 e. The zero-order chi connectivity index (χ0) is 14.7. The highest BCUT2D eigenvalue weighted by molar-refractivity contribution is 5.83. The predicted octanol–water partition coefficient (Wildman–Crippen LogP) is 2.28. The fourth-order valence-electron chi connectivity index (χ4n) is 3.10. The molecule has 3 N–H and O–H groups in total. The number of carbonyl (C=O) groups is 1. The molecule has 0 radical (unpaired) electrons. The van der Waals surface area contributed by atoms with Crippen LogP contribution in [-0.2, 0) is 11.3 Å². The van der Waals surface area contributed by atoms with Gasteiger partial charge in [-0.1, -0.05) is 24.6 Å². The molecular formula is C17H23N3O. The van der Waals surface area contributed by atoms with Crippen molar-refractivity contribution in [3.8, 4) is 0 Å². The lowest BCUT2D eigenvalue weighted by atomic mass is 9.68. The number of fused-ring (bicyclic) bond motifs is 1. The average Bonchev–Trinajstić information content (AvgIpc) is 2.86. The Balaban J connectivity index is 1.49. The summed E-state index contributed by atoms with van der Waals surface area (Å²) in [5, 5.41) is 4.32. The van der Waals surface area contributed by atoms with Crippen LogP contribution in [0.25, 0.3) is 10.9 Å². The van der Waals surface area contributed by atoms with Gasteiger partial charge in [-0.15, -0.1) is 0 Å². The summed E-state index contributed by atoms with van der Waals surface area (Å²) in [6, 6.07) is 10.5. The summed E-state index contributed by atoms with van der Waals surface area (Å²) in [7, 11) is 0. The average molecular weight is 285 g/mol. The Morgan fingerprint density at radius 3 is 2.81 bits per heavy atom. The number of nitrogens with two attached hydrogens (primary N) is 1. The highest BCUT2D eigenvalue weighted by atomic mass is 16.2. The lowest BCUT2D eigenvalue weighted by Gasteiger charge is -2.39. The number of carbonyl (C=O) groups excluding carboxylic acids is 1. The second-order valence-electron chi connectivity index (χ2n) is 6.02. The summed E-state index contributed by atoms with van der Waals surface area (Å²) in [4.78, 5) is 12.2. The van der Waals surface area contributed by atoms with Gasteiger partial charge in [-0.2, -0.15) is 0 Å². The van der Waals surface area contributed by atoms with E-state index in [9.17, 15) is 4.79 Å². The quantitative estimate of drug-likeness (QED) is 0.800. The Morgan fingerprint density at radius 2 is 2.10 bits per heavy atom. The van der Waals surface area contributed by atoms with Gasteiger partial charge in [-0.3, -0.25) is 4.79 Å². The SMILES string of the molecule is NCC1(C(=O)NCCCn2ccc3ccccc32)CCC1. The predicted molar refractivity (Wildman–Crippen MR) is 84.9 cm³/mol. The van der Waals surface area contributed by atoms with Crippen molar-refractivity contribution in [3.63, 3.8) is 0 Å². The van der Waals surface area contributed by atoms with Crippen molar-refractivity contribution < 1.29 is 4.79 Å². The van der Waals surface area contributed by atoms with E-state index in [1.807, 2.05) is 0 Å². The van der Waals surface area contributed by atoms with Crippen LogP contribution in [0.4, 0.5) is 0 Å². The lowest BCUT2D eigenvalue weighted by molar-refractivity contribution is -0.135. The first-order valence-corrected chi connectivity index (χ1v) is 7.77. The first kappa shape index (κ1) is 14.1. The third kappa shape index (κ3) is 2.68. The van der Waals surface area contributed by atoms with Gasteiger partial charge >= 0.3 is 0 Å². The minimum absolute atomic E-state index is 0.147. The molecule has 112 valence electrons. The van der Waals surface area contributed by atoms with E-state index >= 15 is 0 Å². The van der Waals surface area contributed by atoms with Crippen LogP contribution < -0.4 is 11.1 Å². The number of hydrogen-bond acceptors (Lipinski definition) is 2. The van der Waals surface area contributed by atoms with Crippen molar-refractivity contribution in [2.45, 2.75) is 32.2 Å². The molecule has 1 fully saturated rings. The molecule has 1 saturated carbocycles. The zero-order valence-corrected chi connectivity index (χ0v) is 12.3. The van der Waals surface area contributed by atoms with Gasteiger partial charge in [0, 0.05) is 31.3 Å². The van der Waals surface area contributed by atoms with Gasteiger partial charge in [0.05, 0.1) is 5.41 Å². The molecule has 1 aromatic heterocycles. The number of aryl methyl sites for hydroxylation is 1. The first-order chi connectivity index (χ1) is 10.2. The van der Waals surface area contributed by atoms with Crippen molar-refractivity contribution in [1.82, 2.24) is 9.88 Å². The third-order valence-electron chi connectivity index (χ3n) is 4.72. The topological polar surface area (TPSA) is 60.1 Å². The van der Waals surface area contributed by atoms with Crippen LogP contribution in [0.15, 0.2) is 36.5 Å². The monoisotopic (exact) mass is 285 g/mol. The van der Waals surface area contributed by atoms with Crippen LogP contribution in [-0.4, -0.2) is 23.6 Å². The molecule has 1 heterocycles. The van der Waals surface area contributed by atoms with Crippen molar-refractivity contribution in [2.75, 3.05) is 13.1 Å². The van der Waals surface area contributed by atoms with E-state index in [0.717, 1.165) is 32.2 Å². The molecule has 4 nitrogen and oxygen atoms in total. The summed E-state index contributed by atoms with van der Waals surface area (Å²) in [6.45, 7) is 2.11. The normalized spacial score (nSPS) is 16.6. The molecule has 1 aromatic carbocycles. The van der Waals surface area contributed by atoms with Crippen LogP contribution in [0.3, 0.4) is 0 Å². The second kappa shape index (κ2) is 5.90. The number of benzene rings is 1. The second-order valence-corrected chi connectivity index (χ2v) is 6.02. The van der Waals surface area contributed by atoms with Gasteiger partial charge in [-0.25, -0.2) is 0 Å². The summed E-state index contributed by atoms with van der Waals surface area (Å²) in [6.07, 6.45) is 6.06. The van der Waals surface area contributed by atoms with E-state index in [1.54, 1.807) is 0 Å². The molecule has 0 saturated heterocycles. The largest absolute Gasteiger partial charge is 0.356 e. The van der Waals surface area contributed by atoms with Crippen LogP contribution in [0.2, 0.25) is 0 Å². The number of nitrogens with zero attached hydrogens (tertiary/aromatic N) is 1. The molecule has 0 spiro atoms. The lowest BCUT2D eigenvalue weighted by Crippen LogP contribution is -2.50. The van der Waals surface area contributed by atoms with Crippen LogP contribution in [0.5, 0.6) is 0 Å². The van der Waals surface area contributed by atoms with Gasteiger partial charge in [0.25, 0.3) is 0 Å². The van der Waals surface area contributed by atoms with Crippen molar-refractivity contribution in [1.29, 1.82) is 0 Å². The number of amides is 1. The molecule has 21 heavy (non-hydrogen) atoms. The maximum Gasteiger partial charge on any atom is 0.227 e. The fourth-order valence-corrected chi connectivity index (χ4v) is 3.10. The molecule has 1 aliphatic rings. The van der Waals surface area contributed by atoms with E-state index in [-0.39, 0.29) is 11.3 Å². The number of aromatic nitrogens is 1. The number of hydrogen-bond donors (Lipinski definition) is 2. The third-order valence-corrected chi connectivity index (χ3v) is 4.72. The molecule has 1 amide bonds. The molecule has 0 unspecified atom stereocenters. The Hall–Kier alpha value is -1.81. The van der Waals surface area contributed by atoms with E-state index in [0.29, 0.717) is 13.1 Å². The summed E-state index contributed by atoms with van der Waals surface area (Å²) in [5.41, 5.74) is 6.74. The maximum atomic E-state index is 12.2. The molecule has 1 aliphatic carbocycles. The molecule has 0 bridgehead atoms. The zero-order valence-electron chi connectivity index (χ0n) is 12.3. The standard InChI is InChI=1S/C17H23N3O/c18-13-17(8-3-9-17)16(21)19-10-4-11-20-12-7-14-5-1-2-6-15(14)20/h1-2,5-7,12H,3-4,8-11,13,18H2,(H,19,21). The summed E-state index contributed by atoms with van der Waals surface area (Å²) < 4.78 is 2.24. The van der Waals surface area contributed by atoms with E-state index in [1.165, 1.54) is 10.9 Å². The number of nitrogens with one attached hydrogen (secondary N) is 1. The fraction of sp³-hybridized carbons (Fsp3) is 0.471. The van der Waals surface area contributed by atoms with E-state index < -0.39 is 0 Å². The highest BCUT2D eigenvalue weighted by Gasteiger charge is 2.42. The van der Waals surface area contributed by atoms with E-state index in [2.05, 4.69) is 46.4 Å². The summed E-state index contributed by atoms with van der Waals surface area (Å²) in [5.74, 6) is 0.147. The first-order valence-electron chi connectivity index (χ1n) is 7.77. The number of para-hydroxylation sites is 1. The minimum Gasteiger partial charge on any atom is -0.356 e. The van der Waals surface area contributed by atoms with Gasteiger partial charge in [-0.05, 0) is 36.8 Å². The van der Waals surface area contributed by atoms with Crippen molar-refractivity contribution in [2.24, 2.45) is 11.1 Å². The Bertz CT molecular complexity index is 622. The van der Waals surface area contributed by atoms with Gasteiger partial charge in [0.1, 0.15) is 0 Å². The Labute approximate surface area is 125 Å². The van der Waals surface area contributed by atoms with Crippen LogP contribution in [0.1, 0.15) is 25.7 Å². The maximum absolute atomic E-state index is 12.2. The Kier molecular flexibility index (Phi) is 3.97. The van der Waals surface area contributed by atoms with Gasteiger partial charge < -0.3 is 15.6 Å². The molecule has 0 aliphatic heterocycles. The molecular weight excluding hydrogens is 262 g/mol. The summed E-state index contributed by atoms with van der Waals surface area (Å²) >= 11 is 0. The van der Waals surface area contributed by atoms with Crippen LogP contribution >= 0.6 is 0 Å². The van der Waals surface area contributed by atoms with Crippen LogP contribution in [0, 0.1) is 5.41 Å². The highest BCUT2D eigenvalue weighted by Crippen LogP contribution is 2.39. The number of rotatable bonds is 6. The van der Waals surface area contributed by atoms with Gasteiger partial charge in [0.2, 0.25) is 5.91 Å². The molecule has 3 rings (SSSR count). The van der Waals surface area contributed by atoms with E-state index in [4.69, 9.17) is 5.73 Å². The van der Waals surface area contributed by atoms with Crippen molar-refractivity contribution >= 4 is 16.8 Å². The van der Waals surface area contributed by atoms with Crippen molar-refractivity contribution in [3.05, 3.63) is 36.5 Å². The molecule has 2 aromatic rings. The molecule has 0 atom stereocenters.